The van der Waals surface area contributed by atoms with Gasteiger partial charge in [-0.25, -0.2) is 4.39 Å². The van der Waals surface area contributed by atoms with Crippen LogP contribution in [0, 0.1) is 5.82 Å². The van der Waals surface area contributed by atoms with Gasteiger partial charge in [-0.1, -0.05) is 17.2 Å². The highest BCUT2D eigenvalue weighted by Crippen LogP contribution is 2.48. The van der Waals surface area contributed by atoms with E-state index in [1.54, 1.807) is 12.1 Å². The fraction of sp³-hybridized carbons (Fsp3) is 0.294. The Kier molecular flexibility index (Phi) is 3.93. The van der Waals surface area contributed by atoms with Gasteiger partial charge in [0, 0.05) is 11.0 Å². The lowest BCUT2D eigenvalue weighted by Crippen LogP contribution is -2.54. The summed E-state index contributed by atoms with van der Waals surface area (Å²) in [6.45, 7) is 0.397. The Hall–Kier alpha value is -2.80. The number of ether oxygens (including phenoxy) is 2. The van der Waals surface area contributed by atoms with E-state index in [2.05, 4.69) is 10.0 Å². The van der Waals surface area contributed by atoms with Crippen LogP contribution in [0.3, 0.4) is 0 Å². The molecule has 1 fully saturated rings. The molecule has 25 heavy (non-hydrogen) atoms. The van der Waals surface area contributed by atoms with Crippen LogP contribution in [0.4, 0.5) is 15.8 Å². The Bertz CT molecular complexity index is 856. The summed E-state index contributed by atoms with van der Waals surface area (Å²) in [6, 6.07) is 10.3. The van der Waals surface area contributed by atoms with E-state index in [4.69, 9.17) is 15.0 Å². The van der Waals surface area contributed by atoms with E-state index in [1.165, 1.54) is 12.1 Å². The average Bonchev–Trinajstić information content (AvgIpc) is 2.62. The standard InChI is InChI=1S/C17H15FN4O3/c18-10-5-6-13-16(7-10)25-15-4-2-1-3-12(15)22(13)14-9-24-8-11(17(14)23)20-21-19/h1-7,11,14,17,23H,8-9H2/t11?,14-,17-/m0/s1. The van der Waals surface area contributed by atoms with Crippen molar-refractivity contribution in [3.05, 3.63) is 58.7 Å². The summed E-state index contributed by atoms with van der Waals surface area (Å²) in [5, 5.41) is 14.3. The Morgan fingerprint density at radius 1 is 1.16 bits per heavy atom. The molecule has 0 aliphatic carbocycles. The first kappa shape index (κ1) is 15.7. The van der Waals surface area contributed by atoms with Crippen LogP contribution >= 0.6 is 0 Å². The highest BCUT2D eigenvalue weighted by molar-refractivity contribution is 5.78. The number of fused-ring (bicyclic) bond motifs is 2. The number of azide groups is 1. The number of aliphatic hydroxyl groups excluding tert-OH is 1. The van der Waals surface area contributed by atoms with Gasteiger partial charge in [-0.15, -0.1) is 0 Å². The second-order valence-electron chi connectivity index (χ2n) is 5.92. The number of halogens is 1. The molecule has 2 aliphatic heterocycles. The monoisotopic (exact) mass is 342 g/mol. The lowest BCUT2D eigenvalue weighted by atomic mass is 9.98. The topological polar surface area (TPSA) is 90.7 Å². The molecule has 4 rings (SSSR count). The summed E-state index contributed by atoms with van der Waals surface area (Å²) in [5.41, 5.74) is 10.0. The highest BCUT2D eigenvalue weighted by atomic mass is 19.1. The maximum Gasteiger partial charge on any atom is 0.154 e. The van der Waals surface area contributed by atoms with Crippen LogP contribution in [-0.4, -0.2) is 36.5 Å². The maximum atomic E-state index is 13.7. The van der Waals surface area contributed by atoms with Crippen molar-refractivity contribution < 1.29 is 19.0 Å². The van der Waals surface area contributed by atoms with Crippen molar-refractivity contribution in [1.29, 1.82) is 0 Å². The molecule has 2 aromatic carbocycles. The van der Waals surface area contributed by atoms with Gasteiger partial charge in [-0.2, -0.15) is 0 Å². The number of hydrogen-bond acceptors (Lipinski definition) is 5. The van der Waals surface area contributed by atoms with Gasteiger partial charge >= 0.3 is 0 Å². The molecular weight excluding hydrogens is 327 g/mol. The molecule has 2 aliphatic rings. The van der Waals surface area contributed by atoms with Crippen molar-refractivity contribution in [1.82, 2.24) is 0 Å². The van der Waals surface area contributed by atoms with Crippen molar-refractivity contribution in [3.63, 3.8) is 0 Å². The van der Waals surface area contributed by atoms with Gasteiger partial charge in [-0.3, -0.25) is 0 Å². The minimum Gasteiger partial charge on any atom is -0.453 e. The van der Waals surface area contributed by atoms with Crippen molar-refractivity contribution in [3.8, 4) is 11.5 Å². The molecule has 0 amide bonds. The maximum absolute atomic E-state index is 13.7. The third-order valence-corrected chi connectivity index (χ3v) is 4.42. The van der Waals surface area contributed by atoms with Gasteiger partial charge in [0.25, 0.3) is 0 Å². The zero-order chi connectivity index (χ0) is 17.4. The van der Waals surface area contributed by atoms with Gasteiger partial charge < -0.3 is 19.5 Å². The number of benzene rings is 2. The molecule has 0 bridgehead atoms. The molecule has 1 unspecified atom stereocenters. The second kappa shape index (κ2) is 6.25. The molecule has 1 saturated heterocycles. The van der Waals surface area contributed by atoms with Gasteiger partial charge in [-0.05, 0) is 29.8 Å². The van der Waals surface area contributed by atoms with Crippen molar-refractivity contribution >= 4 is 11.4 Å². The number of anilines is 2. The lowest BCUT2D eigenvalue weighted by Gasteiger charge is -2.43. The first-order valence-corrected chi connectivity index (χ1v) is 7.84. The fourth-order valence-electron chi connectivity index (χ4n) is 3.28. The largest absolute Gasteiger partial charge is 0.453 e. The summed E-state index contributed by atoms with van der Waals surface area (Å²) in [7, 11) is 0. The van der Waals surface area contributed by atoms with Gasteiger partial charge in [0.1, 0.15) is 5.82 Å². The molecular formula is C17H15FN4O3. The lowest BCUT2D eigenvalue weighted by molar-refractivity contribution is -0.0193. The predicted molar refractivity (Wildman–Crippen MR) is 88.6 cm³/mol. The van der Waals surface area contributed by atoms with Crippen molar-refractivity contribution in [2.45, 2.75) is 18.2 Å². The summed E-state index contributed by atoms with van der Waals surface area (Å²) >= 11 is 0. The molecule has 3 atom stereocenters. The minimum atomic E-state index is -0.936. The van der Waals surface area contributed by atoms with E-state index in [-0.39, 0.29) is 13.2 Å². The second-order valence-corrected chi connectivity index (χ2v) is 5.92. The van der Waals surface area contributed by atoms with E-state index in [0.29, 0.717) is 17.2 Å². The molecule has 128 valence electrons. The predicted octanol–water partition coefficient (Wildman–Crippen LogP) is 3.51. The van der Waals surface area contributed by atoms with Crippen LogP contribution in [0.25, 0.3) is 10.4 Å². The van der Waals surface area contributed by atoms with Gasteiger partial charge in [0.15, 0.2) is 11.5 Å². The molecule has 7 nitrogen and oxygen atoms in total. The van der Waals surface area contributed by atoms with Crippen molar-refractivity contribution in [2.24, 2.45) is 5.11 Å². The van der Waals surface area contributed by atoms with Gasteiger partial charge in [0.2, 0.25) is 0 Å². The molecule has 0 saturated carbocycles. The zero-order valence-electron chi connectivity index (χ0n) is 13.1. The third kappa shape index (κ3) is 2.66. The van der Waals surface area contributed by atoms with E-state index in [0.717, 1.165) is 5.69 Å². The quantitative estimate of drug-likeness (QED) is 0.514. The number of aliphatic hydroxyl groups is 1. The SMILES string of the molecule is [N-]=[N+]=NC1COC[C@H](N2c3ccccc3Oc3cc(F)ccc32)[C@H]1O. The zero-order valence-corrected chi connectivity index (χ0v) is 13.1. The summed E-state index contributed by atoms with van der Waals surface area (Å²) in [4.78, 5) is 4.64. The van der Waals surface area contributed by atoms with Crippen LogP contribution in [0.2, 0.25) is 0 Å². The molecule has 2 heterocycles. The van der Waals surface area contributed by atoms with E-state index >= 15 is 0 Å². The summed E-state index contributed by atoms with van der Waals surface area (Å²) in [6.07, 6.45) is -0.936. The summed E-state index contributed by atoms with van der Waals surface area (Å²) in [5.74, 6) is 0.501. The van der Waals surface area contributed by atoms with Crippen LogP contribution in [0.1, 0.15) is 0 Å². The highest BCUT2D eigenvalue weighted by Gasteiger charge is 2.40. The third-order valence-electron chi connectivity index (χ3n) is 4.42. The normalized spacial score (nSPS) is 24.6. The molecule has 2 aromatic rings. The first-order chi connectivity index (χ1) is 12.2. The van der Waals surface area contributed by atoms with E-state index < -0.39 is 24.0 Å². The Morgan fingerprint density at radius 2 is 1.96 bits per heavy atom. The van der Waals surface area contributed by atoms with Crippen LogP contribution in [0.15, 0.2) is 47.6 Å². The molecule has 1 N–H and O–H groups in total. The van der Waals surface area contributed by atoms with E-state index in [9.17, 15) is 9.50 Å². The molecule has 0 aromatic heterocycles. The van der Waals surface area contributed by atoms with Crippen LogP contribution in [0.5, 0.6) is 11.5 Å². The summed E-state index contributed by atoms with van der Waals surface area (Å²) < 4.78 is 25.0. The molecule has 8 heteroatoms. The number of para-hydroxylation sites is 2. The van der Waals surface area contributed by atoms with E-state index in [1.807, 2.05) is 23.1 Å². The molecule has 0 spiro atoms. The van der Waals surface area contributed by atoms with Crippen LogP contribution < -0.4 is 9.64 Å². The van der Waals surface area contributed by atoms with Gasteiger partial charge in [0.05, 0.1) is 42.8 Å². The molecule has 0 radical (unpaired) electrons. The Labute approximate surface area is 142 Å². The average molecular weight is 342 g/mol. The number of rotatable bonds is 2. The van der Waals surface area contributed by atoms with Crippen LogP contribution in [-0.2, 0) is 4.74 Å². The minimum absolute atomic E-state index is 0.157. The smallest absolute Gasteiger partial charge is 0.154 e. The Balaban J connectivity index is 1.82. The number of hydrogen-bond donors (Lipinski definition) is 1. The van der Waals surface area contributed by atoms with Crippen molar-refractivity contribution in [2.75, 3.05) is 18.1 Å². The Morgan fingerprint density at radius 3 is 2.80 bits per heavy atom. The fourth-order valence-corrected chi connectivity index (χ4v) is 3.28. The first-order valence-electron chi connectivity index (χ1n) is 7.84. The number of nitrogens with zero attached hydrogens (tertiary/aromatic N) is 4.